The van der Waals surface area contributed by atoms with Gasteiger partial charge in [-0.15, -0.1) is 0 Å². The Kier molecular flexibility index (Phi) is 4.38. The molecule has 0 saturated carbocycles. The summed E-state index contributed by atoms with van der Waals surface area (Å²) in [5.74, 6) is 1.22. The van der Waals surface area contributed by atoms with Crippen molar-refractivity contribution >= 4 is 17.9 Å². The maximum atomic E-state index is 10.2. The average Bonchev–Trinajstić information content (AvgIpc) is 2.45. The number of thioether (sulfide) groups is 1. The van der Waals surface area contributed by atoms with Gasteiger partial charge in [0.2, 0.25) is 0 Å². The van der Waals surface area contributed by atoms with Crippen molar-refractivity contribution < 1.29 is 9.53 Å². The molecule has 2 atom stereocenters. The lowest BCUT2D eigenvalue weighted by atomic mass is 10.2. The standard InChI is InChI=1S/C8H16N2O2S/c1-6-7(2-5-13-6)10-3-4-12-8(9)11/h6-7,10H,2-5H2,1H3,(H2,9,11). The number of primary amides is 1. The SMILES string of the molecule is CC1SCCC1NCCOC(N)=O. The highest BCUT2D eigenvalue weighted by Crippen LogP contribution is 2.25. The molecule has 0 aliphatic carbocycles. The zero-order valence-electron chi connectivity index (χ0n) is 7.79. The van der Waals surface area contributed by atoms with Crippen molar-refractivity contribution in [3.63, 3.8) is 0 Å². The quantitative estimate of drug-likeness (QED) is 0.657. The second-order valence-electron chi connectivity index (χ2n) is 3.09. The number of carbonyl (C=O) groups excluding carboxylic acids is 1. The number of carbonyl (C=O) groups is 1. The van der Waals surface area contributed by atoms with Gasteiger partial charge in [-0.25, -0.2) is 4.79 Å². The molecule has 1 heterocycles. The van der Waals surface area contributed by atoms with Crippen LogP contribution in [0.2, 0.25) is 0 Å². The van der Waals surface area contributed by atoms with E-state index in [4.69, 9.17) is 5.73 Å². The molecule has 4 nitrogen and oxygen atoms in total. The van der Waals surface area contributed by atoms with E-state index in [-0.39, 0.29) is 0 Å². The van der Waals surface area contributed by atoms with E-state index in [1.807, 2.05) is 11.8 Å². The predicted molar refractivity (Wildman–Crippen MR) is 53.9 cm³/mol. The second kappa shape index (κ2) is 5.34. The first-order chi connectivity index (χ1) is 6.20. The van der Waals surface area contributed by atoms with Gasteiger partial charge in [-0.2, -0.15) is 11.8 Å². The van der Waals surface area contributed by atoms with E-state index < -0.39 is 6.09 Å². The van der Waals surface area contributed by atoms with E-state index in [2.05, 4.69) is 17.0 Å². The van der Waals surface area contributed by atoms with Crippen LogP contribution in [0.5, 0.6) is 0 Å². The lowest BCUT2D eigenvalue weighted by Crippen LogP contribution is -2.36. The summed E-state index contributed by atoms with van der Waals surface area (Å²) in [7, 11) is 0. The first-order valence-electron chi connectivity index (χ1n) is 4.47. The molecule has 5 heteroatoms. The molecule has 1 saturated heterocycles. The molecular weight excluding hydrogens is 188 g/mol. The van der Waals surface area contributed by atoms with Crippen LogP contribution in [-0.2, 0) is 4.74 Å². The van der Waals surface area contributed by atoms with E-state index in [1.54, 1.807) is 0 Å². The molecule has 1 aliphatic rings. The summed E-state index contributed by atoms with van der Waals surface area (Å²) in [5, 5.41) is 3.99. The summed E-state index contributed by atoms with van der Waals surface area (Å²) in [6, 6.07) is 0.557. The summed E-state index contributed by atoms with van der Waals surface area (Å²) >= 11 is 1.97. The van der Waals surface area contributed by atoms with E-state index in [0.29, 0.717) is 24.4 Å². The number of hydrogen-bond donors (Lipinski definition) is 2. The third kappa shape index (κ3) is 3.87. The molecule has 13 heavy (non-hydrogen) atoms. The van der Waals surface area contributed by atoms with E-state index in [9.17, 15) is 4.79 Å². The van der Waals surface area contributed by atoms with Crippen molar-refractivity contribution in [1.82, 2.24) is 5.32 Å². The first kappa shape index (κ1) is 10.7. The number of nitrogens with two attached hydrogens (primary N) is 1. The molecule has 76 valence electrons. The van der Waals surface area contributed by atoms with Crippen LogP contribution in [0.25, 0.3) is 0 Å². The minimum Gasteiger partial charge on any atom is -0.448 e. The van der Waals surface area contributed by atoms with Crippen LogP contribution in [0.4, 0.5) is 4.79 Å². The van der Waals surface area contributed by atoms with Crippen molar-refractivity contribution in [2.45, 2.75) is 24.6 Å². The van der Waals surface area contributed by atoms with Crippen molar-refractivity contribution in [3.8, 4) is 0 Å². The maximum absolute atomic E-state index is 10.2. The molecule has 0 spiro atoms. The van der Waals surface area contributed by atoms with Crippen molar-refractivity contribution in [2.24, 2.45) is 5.73 Å². The van der Waals surface area contributed by atoms with Crippen molar-refractivity contribution in [1.29, 1.82) is 0 Å². The van der Waals surface area contributed by atoms with Crippen LogP contribution in [0.3, 0.4) is 0 Å². The molecule has 0 aromatic carbocycles. The van der Waals surface area contributed by atoms with Gasteiger partial charge in [-0.1, -0.05) is 6.92 Å². The van der Waals surface area contributed by atoms with Gasteiger partial charge in [0.15, 0.2) is 0 Å². The highest BCUT2D eigenvalue weighted by atomic mass is 32.2. The van der Waals surface area contributed by atoms with Gasteiger partial charge in [0.25, 0.3) is 0 Å². The monoisotopic (exact) mass is 204 g/mol. The topological polar surface area (TPSA) is 64.3 Å². The first-order valence-corrected chi connectivity index (χ1v) is 5.52. The molecule has 1 amide bonds. The molecule has 0 aromatic rings. The van der Waals surface area contributed by atoms with E-state index in [0.717, 1.165) is 0 Å². The molecule has 1 fully saturated rings. The van der Waals surface area contributed by atoms with Crippen LogP contribution in [0.15, 0.2) is 0 Å². The Labute approximate surface area is 82.6 Å². The zero-order valence-corrected chi connectivity index (χ0v) is 8.60. The molecule has 3 N–H and O–H groups in total. The third-order valence-corrected chi connectivity index (χ3v) is 3.45. The molecule has 1 rings (SSSR count). The predicted octanol–water partition coefficient (Wildman–Crippen LogP) is 0.565. The van der Waals surface area contributed by atoms with Gasteiger partial charge in [0.1, 0.15) is 6.61 Å². The van der Waals surface area contributed by atoms with Crippen LogP contribution in [-0.4, -0.2) is 36.3 Å². The number of amides is 1. The van der Waals surface area contributed by atoms with E-state index in [1.165, 1.54) is 12.2 Å². The largest absolute Gasteiger partial charge is 0.448 e. The number of nitrogens with one attached hydrogen (secondary N) is 1. The Morgan fingerprint density at radius 1 is 1.77 bits per heavy atom. The Hall–Kier alpha value is -0.420. The van der Waals surface area contributed by atoms with Crippen molar-refractivity contribution in [3.05, 3.63) is 0 Å². The van der Waals surface area contributed by atoms with Crippen LogP contribution < -0.4 is 11.1 Å². The van der Waals surface area contributed by atoms with Gasteiger partial charge in [-0.05, 0) is 12.2 Å². The number of rotatable bonds is 4. The van der Waals surface area contributed by atoms with Gasteiger partial charge in [0.05, 0.1) is 0 Å². The van der Waals surface area contributed by atoms with Gasteiger partial charge in [-0.3, -0.25) is 0 Å². The van der Waals surface area contributed by atoms with Gasteiger partial charge < -0.3 is 15.8 Å². The minimum atomic E-state index is -0.698. The molecule has 0 bridgehead atoms. The number of ether oxygens (including phenoxy) is 1. The summed E-state index contributed by atoms with van der Waals surface area (Å²) in [6.45, 7) is 3.27. The summed E-state index contributed by atoms with van der Waals surface area (Å²) in [6.07, 6.45) is 0.498. The lowest BCUT2D eigenvalue weighted by molar-refractivity contribution is 0.156. The van der Waals surface area contributed by atoms with Crippen molar-refractivity contribution in [2.75, 3.05) is 18.9 Å². The van der Waals surface area contributed by atoms with Crippen LogP contribution in [0, 0.1) is 0 Å². The van der Waals surface area contributed by atoms with Crippen LogP contribution >= 0.6 is 11.8 Å². The smallest absolute Gasteiger partial charge is 0.404 e. The Morgan fingerprint density at radius 2 is 2.54 bits per heavy atom. The maximum Gasteiger partial charge on any atom is 0.404 e. The lowest BCUT2D eigenvalue weighted by Gasteiger charge is -2.15. The average molecular weight is 204 g/mol. The number of hydrogen-bond acceptors (Lipinski definition) is 4. The highest BCUT2D eigenvalue weighted by Gasteiger charge is 2.22. The molecule has 0 radical (unpaired) electrons. The Balaban J connectivity index is 2.02. The summed E-state index contributed by atoms with van der Waals surface area (Å²) in [5.41, 5.74) is 4.82. The molecular formula is C8H16N2O2S. The van der Waals surface area contributed by atoms with Gasteiger partial charge >= 0.3 is 6.09 Å². The fraction of sp³-hybridized carbons (Fsp3) is 0.875. The fourth-order valence-corrected chi connectivity index (χ4v) is 2.62. The van der Waals surface area contributed by atoms with E-state index >= 15 is 0 Å². The Morgan fingerprint density at radius 3 is 3.08 bits per heavy atom. The molecule has 2 unspecified atom stereocenters. The molecule has 0 aromatic heterocycles. The normalized spacial score (nSPS) is 27.5. The molecule has 1 aliphatic heterocycles. The fourth-order valence-electron chi connectivity index (χ4n) is 1.40. The minimum absolute atomic E-state index is 0.364. The third-order valence-electron chi connectivity index (χ3n) is 2.13. The zero-order chi connectivity index (χ0) is 9.68. The summed E-state index contributed by atoms with van der Waals surface area (Å²) in [4.78, 5) is 10.2. The Bertz CT molecular complexity index is 178. The second-order valence-corrected chi connectivity index (χ2v) is 4.58. The summed E-state index contributed by atoms with van der Waals surface area (Å²) < 4.78 is 4.61. The van der Waals surface area contributed by atoms with Gasteiger partial charge in [0, 0.05) is 17.8 Å². The van der Waals surface area contributed by atoms with Crippen LogP contribution in [0.1, 0.15) is 13.3 Å². The highest BCUT2D eigenvalue weighted by molar-refractivity contribution is 8.00.